The molecule has 0 bridgehead atoms. The average molecular weight is 275 g/mol. The van der Waals surface area contributed by atoms with Gasteiger partial charge >= 0.3 is 12.1 Å². The van der Waals surface area contributed by atoms with E-state index in [0.29, 0.717) is 0 Å². The van der Waals surface area contributed by atoms with Crippen LogP contribution in [0.3, 0.4) is 0 Å². The number of carboxylic acid groups (broad SMARTS) is 1. The Morgan fingerprint density at radius 3 is 1.89 bits per heavy atom. The summed E-state index contributed by atoms with van der Waals surface area (Å²) in [5, 5.41) is 11.7. The molecule has 1 amide bonds. The van der Waals surface area contributed by atoms with Gasteiger partial charge in [0.1, 0.15) is 11.1 Å². The van der Waals surface area contributed by atoms with Crippen LogP contribution in [-0.2, 0) is 14.3 Å². The second-order valence-electron chi connectivity index (χ2n) is 6.40. The highest BCUT2D eigenvalue weighted by Gasteiger charge is 2.41. The minimum Gasteiger partial charge on any atom is -0.480 e. The molecule has 0 radical (unpaired) electrons. The van der Waals surface area contributed by atoms with Gasteiger partial charge < -0.3 is 19.9 Å². The van der Waals surface area contributed by atoms with Crippen molar-refractivity contribution in [3.05, 3.63) is 0 Å². The van der Waals surface area contributed by atoms with Crippen LogP contribution < -0.4 is 5.32 Å². The lowest BCUT2D eigenvalue weighted by atomic mass is 9.88. The number of methoxy groups -OCH3 is 1. The molecule has 0 heterocycles. The van der Waals surface area contributed by atoms with E-state index in [9.17, 15) is 14.7 Å². The molecule has 0 aliphatic heterocycles. The molecule has 19 heavy (non-hydrogen) atoms. The molecule has 0 aromatic heterocycles. The number of hydrogen-bond donors (Lipinski definition) is 2. The number of carbonyl (C=O) groups is 2. The summed E-state index contributed by atoms with van der Waals surface area (Å²) >= 11 is 0. The van der Waals surface area contributed by atoms with E-state index in [4.69, 9.17) is 9.47 Å². The molecular weight excluding hydrogens is 250 g/mol. The Labute approximate surface area is 114 Å². The Morgan fingerprint density at radius 2 is 1.58 bits per heavy atom. The maximum atomic E-state index is 11.7. The van der Waals surface area contributed by atoms with Crippen molar-refractivity contribution in [2.75, 3.05) is 7.11 Å². The van der Waals surface area contributed by atoms with Crippen LogP contribution in [-0.4, -0.2) is 41.0 Å². The molecule has 1 unspecified atom stereocenters. The molecule has 6 heteroatoms. The van der Waals surface area contributed by atoms with E-state index in [1.54, 1.807) is 34.6 Å². The molecular formula is C13H25NO5. The van der Waals surface area contributed by atoms with Crippen LogP contribution in [0.4, 0.5) is 4.79 Å². The van der Waals surface area contributed by atoms with Crippen molar-refractivity contribution in [2.24, 2.45) is 0 Å². The molecule has 0 rings (SSSR count). The third-order valence-corrected chi connectivity index (χ3v) is 2.58. The zero-order valence-electron chi connectivity index (χ0n) is 12.8. The maximum absolute atomic E-state index is 11.7. The molecule has 0 aliphatic rings. The van der Waals surface area contributed by atoms with Crippen molar-refractivity contribution >= 4 is 12.1 Å². The van der Waals surface area contributed by atoms with Gasteiger partial charge in [-0.05, 0) is 41.5 Å². The molecule has 112 valence electrons. The fourth-order valence-electron chi connectivity index (χ4n) is 1.63. The predicted molar refractivity (Wildman–Crippen MR) is 71.1 cm³/mol. The lowest BCUT2D eigenvalue weighted by molar-refractivity contribution is -0.147. The molecule has 2 N–H and O–H groups in total. The average Bonchev–Trinajstić information content (AvgIpc) is 2.12. The van der Waals surface area contributed by atoms with Crippen LogP contribution in [0.1, 0.15) is 48.0 Å². The number of aliphatic carboxylic acids is 1. The zero-order chi connectivity index (χ0) is 15.5. The molecule has 0 fully saturated rings. The highest BCUT2D eigenvalue weighted by molar-refractivity contribution is 5.84. The Morgan fingerprint density at radius 1 is 1.11 bits per heavy atom. The third kappa shape index (κ3) is 6.42. The Bertz CT molecular complexity index is 345. The number of carboxylic acids is 1. The first-order valence-electron chi connectivity index (χ1n) is 6.11. The zero-order valence-corrected chi connectivity index (χ0v) is 12.8. The number of alkyl carbamates (subject to hydrolysis) is 1. The minimum absolute atomic E-state index is 0.116. The maximum Gasteiger partial charge on any atom is 0.408 e. The lowest BCUT2D eigenvalue weighted by Crippen LogP contribution is -2.56. The van der Waals surface area contributed by atoms with Crippen LogP contribution in [0, 0.1) is 0 Å². The fraction of sp³-hybridized carbons (Fsp3) is 0.846. The van der Waals surface area contributed by atoms with Gasteiger partial charge in [0.05, 0.1) is 5.60 Å². The van der Waals surface area contributed by atoms with Crippen molar-refractivity contribution in [1.29, 1.82) is 0 Å². The number of rotatable bonds is 5. The first-order valence-corrected chi connectivity index (χ1v) is 6.11. The monoisotopic (exact) mass is 275 g/mol. The molecule has 0 saturated heterocycles. The van der Waals surface area contributed by atoms with Gasteiger partial charge in [0.2, 0.25) is 0 Å². The molecule has 0 aliphatic carbocycles. The van der Waals surface area contributed by atoms with Gasteiger partial charge in [-0.3, -0.25) is 0 Å². The van der Waals surface area contributed by atoms with E-state index in [2.05, 4.69) is 5.32 Å². The SMILES string of the molecule is COC(C)(C)CC(C)(NC(=O)OC(C)(C)C)C(=O)O. The third-order valence-electron chi connectivity index (χ3n) is 2.58. The second kappa shape index (κ2) is 5.77. The van der Waals surface area contributed by atoms with Crippen LogP contribution in [0.5, 0.6) is 0 Å². The highest BCUT2D eigenvalue weighted by atomic mass is 16.6. The summed E-state index contributed by atoms with van der Waals surface area (Å²) in [6, 6.07) is 0. The van der Waals surface area contributed by atoms with E-state index < -0.39 is 28.8 Å². The summed E-state index contributed by atoms with van der Waals surface area (Å²) in [4.78, 5) is 23.1. The number of ether oxygens (including phenoxy) is 2. The van der Waals surface area contributed by atoms with Crippen LogP contribution >= 0.6 is 0 Å². The first-order chi connectivity index (χ1) is 8.31. The van der Waals surface area contributed by atoms with Gasteiger partial charge in [-0.15, -0.1) is 0 Å². The lowest BCUT2D eigenvalue weighted by Gasteiger charge is -2.34. The number of nitrogens with one attached hydrogen (secondary N) is 1. The van der Waals surface area contributed by atoms with Crippen molar-refractivity contribution in [3.8, 4) is 0 Å². The van der Waals surface area contributed by atoms with Crippen LogP contribution in [0.15, 0.2) is 0 Å². The van der Waals surface area contributed by atoms with Gasteiger partial charge in [0.25, 0.3) is 0 Å². The van der Waals surface area contributed by atoms with E-state index in [1.807, 2.05) is 0 Å². The Hall–Kier alpha value is -1.30. The minimum atomic E-state index is -1.46. The number of hydrogen-bond acceptors (Lipinski definition) is 4. The van der Waals surface area contributed by atoms with Crippen LogP contribution in [0.25, 0.3) is 0 Å². The second-order valence-corrected chi connectivity index (χ2v) is 6.40. The summed E-state index contributed by atoms with van der Waals surface area (Å²) < 4.78 is 10.3. The Kier molecular flexibility index (Phi) is 5.38. The van der Waals surface area contributed by atoms with Gasteiger partial charge in [0, 0.05) is 13.5 Å². The van der Waals surface area contributed by atoms with Gasteiger partial charge in [-0.2, -0.15) is 0 Å². The van der Waals surface area contributed by atoms with E-state index in [-0.39, 0.29) is 6.42 Å². The normalized spacial score (nSPS) is 15.5. The summed E-state index contributed by atoms with van der Waals surface area (Å²) in [6.45, 7) is 10.1. The smallest absolute Gasteiger partial charge is 0.408 e. The molecule has 1 atom stereocenters. The van der Waals surface area contributed by atoms with Gasteiger partial charge in [-0.1, -0.05) is 0 Å². The van der Waals surface area contributed by atoms with E-state index in [0.717, 1.165) is 0 Å². The van der Waals surface area contributed by atoms with Crippen molar-refractivity contribution in [2.45, 2.75) is 64.7 Å². The molecule has 0 spiro atoms. The molecule has 0 aromatic carbocycles. The quantitative estimate of drug-likeness (QED) is 0.803. The predicted octanol–water partition coefficient (Wildman–Crippen LogP) is 2.17. The van der Waals surface area contributed by atoms with Crippen molar-refractivity contribution in [1.82, 2.24) is 5.32 Å². The van der Waals surface area contributed by atoms with Crippen LogP contribution in [0.2, 0.25) is 0 Å². The van der Waals surface area contributed by atoms with Gasteiger partial charge in [0.15, 0.2) is 0 Å². The summed E-state index contributed by atoms with van der Waals surface area (Å²) in [5.41, 5.74) is -2.82. The fourth-order valence-corrected chi connectivity index (χ4v) is 1.63. The standard InChI is InChI=1S/C13H25NO5/c1-11(2,3)19-10(17)14-13(6,9(15)16)8-12(4,5)18-7/h8H2,1-7H3,(H,14,17)(H,15,16). The van der Waals surface area contributed by atoms with Crippen molar-refractivity contribution in [3.63, 3.8) is 0 Å². The van der Waals surface area contributed by atoms with E-state index in [1.165, 1.54) is 14.0 Å². The summed E-state index contributed by atoms with van der Waals surface area (Å²) in [5.74, 6) is -1.14. The highest BCUT2D eigenvalue weighted by Crippen LogP contribution is 2.24. The summed E-state index contributed by atoms with van der Waals surface area (Å²) in [7, 11) is 1.50. The largest absolute Gasteiger partial charge is 0.480 e. The summed E-state index contributed by atoms with van der Waals surface area (Å²) in [6.07, 6.45) is -0.644. The molecule has 6 nitrogen and oxygen atoms in total. The first kappa shape index (κ1) is 17.7. The van der Waals surface area contributed by atoms with E-state index >= 15 is 0 Å². The van der Waals surface area contributed by atoms with Crippen molar-refractivity contribution < 1.29 is 24.2 Å². The number of amides is 1. The Balaban J connectivity index is 4.92. The number of carbonyl (C=O) groups excluding carboxylic acids is 1. The molecule has 0 saturated carbocycles. The van der Waals surface area contributed by atoms with Gasteiger partial charge in [-0.25, -0.2) is 9.59 Å². The molecule has 0 aromatic rings. The topological polar surface area (TPSA) is 84.9 Å².